The lowest BCUT2D eigenvalue weighted by Crippen LogP contribution is -2.24. The number of rotatable bonds is 4. The summed E-state index contributed by atoms with van der Waals surface area (Å²) in [6.07, 6.45) is 5.55. The lowest BCUT2D eigenvalue weighted by molar-refractivity contribution is 0.574. The summed E-state index contributed by atoms with van der Waals surface area (Å²) in [5, 5.41) is 17.4. The smallest absolute Gasteiger partial charge is 0.156 e. The second-order valence-corrected chi connectivity index (χ2v) is 4.79. The molecule has 1 aromatic carbocycles. The molecule has 4 heteroatoms. The Morgan fingerprint density at radius 3 is 3.17 bits per heavy atom. The van der Waals surface area contributed by atoms with Gasteiger partial charge in [-0.15, -0.1) is 5.10 Å². The van der Waals surface area contributed by atoms with Crippen molar-refractivity contribution in [3.05, 3.63) is 30.5 Å². The van der Waals surface area contributed by atoms with E-state index in [1.165, 1.54) is 19.4 Å². The Balaban J connectivity index is 1.66. The van der Waals surface area contributed by atoms with Crippen molar-refractivity contribution < 1.29 is 0 Å². The molecule has 0 saturated carbocycles. The van der Waals surface area contributed by atoms with E-state index in [1.54, 1.807) is 6.20 Å². The van der Waals surface area contributed by atoms with Gasteiger partial charge in [0.15, 0.2) is 5.82 Å². The van der Waals surface area contributed by atoms with E-state index in [9.17, 15) is 0 Å². The van der Waals surface area contributed by atoms with Crippen molar-refractivity contribution in [2.24, 2.45) is 0 Å². The van der Waals surface area contributed by atoms with Crippen molar-refractivity contribution >= 4 is 16.6 Å². The molecule has 4 nitrogen and oxygen atoms in total. The van der Waals surface area contributed by atoms with E-state index in [1.807, 2.05) is 12.1 Å². The predicted octanol–water partition coefficient (Wildman–Crippen LogP) is 2.18. The molecule has 18 heavy (non-hydrogen) atoms. The van der Waals surface area contributed by atoms with E-state index in [-0.39, 0.29) is 0 Å². The van der Waals surface area contributed by atoms with Gasteiger partial charge < -0.3 is 10.6 Å². The Hall–Kier alpha value is -1.68. The summed E-state index contributed by atoms with van der Waals surface area (Å²) >= 11 is 0. The average molecular weight is 242 g/mol. The molecule has 1 fully saturated rings. The van der Waals surface area contributed by atoms with Crippen molar-refractivity contribution in [2.45, 2.75) is 25.3 Å². The van der Waals surface area contributed by atoms with Gasteiger partial charge in [0.25, 0.3) is 0 Å². The minimum absolute atomic E-state index is 0.667. The van der Waals surface area contributed by atoms with Crippen LogP contribution in [0.1, 0.15) is 19.3 Å². The summed E-state index contributed by atoms with van der Waals surface area (Å²) in [6.45, 7) is 2.11. The Morgan fingerprint density at radius 1 is 1.33 bits per heavy atom. The van der Waals surface area contributed by atoms with Crippen molar-refractivity contribution in [2.75, 3.05) is 18.4 Å². The monoisotopic (exact) mass is 242 g/mol. The maximum absolute atomic E-state index is 4.19. The van der Waals surface area contributed by atoms with Crippen LogP contribution < -0.4 is 10.6 Å². The summed E-state index contributed by atoms with van der Waals surface area (Å²) in [7, 11) is 0. The van der Waals surface area contributed by atoms with Crippen LogP contribution in [0, 0.1) is 0 Å². The maximum atomic E-state index is 4.19. The van der Waals surface area contributed by atoms with Crippen LogP contribution in [0.5, 0.6) is 0 Å². The Labute approximate surface area is 107 Å². The fourth-order valence-corrected chi connectivity index (χ4v) is 2.53. The fourth-order valence-electron chi connectivity index (χ4n) is 2.53. The Bertz CT molecular complexity index is 515. The van der Waals surface area contributed by atoms with Gasteiger partial charge in [-0.25, -0.2) is 0 Å². The molecule has 3 rings (SSSR count). The number of fused-ring (bicyclic) bond motifs is 1. The number of aromatic nitrogens is 2. The van der Waals surface area contributed by atoms with Gasteiger partial charge in [0.2, 0.25) is 0 Å². The zero-order valence-corrected chi connectivity index (χ0v) is 10.4. The van der Waals surface area contributed by atoms with Crippen LogP contribution in [-0.4, -0.2) is 29.3 Å². The van der Waals surface area contributed by atoms with E-state index < -0.39 is 0 Å². The van der Waals surface area contributed by atoms with E-state index in [0.29, 0.717) is 6.04 Å². The minimum atomic E-state index is 0.667. The highest BCUT2D eigenvalue weighted by Gasteiger charge is 2.13. The van der Waals surface area contributed by atoms with Crippen molar-refractivity contribution in [3.8, 4) is 0 Å². The maximum Gasteiger partial charge on any atom is 0.156 e. The van der Waals surface area contributed by atoms with E-state index in [0.717, 1.165) is 29.6 Å². The number of benzene rings is 1. The summed E-state index contributed by atoms with van der Waals surface area (Å²) in [6, 6.07) is 8.87. The number of nitrogens with zero attached hydrogens (tertiary/aromatic N) is 2. The first-order chi connectivity index (χ1) is 8.93. The molecule has 0 spiro atoms. The molecule has 1 aromatic heterocycles. The molecule has 0 aliphatic carbocycles. The van der Waals surface area contributed by atoms with E-state index in [2.05, 4.69) is 33.0 Å². The summed E-state index contributed by atoms with van der Waals surface area (Å²) in [5.41, 5.74) is 0. The Morgan fingerprint density at radius 2 is 2.28 bits per heavy atom. The van der Waals surface area contributed by atoms with Crippen LogP contribution in [0.15, 0.2) is 30.5 Å². The molecule has 0 bridgehead atoms. The lowest BCUT2D eigenvalue weighted by Gasteiger charge is -2.11. The van der Waals surface area contributed by atoms with Crippen LogP contribution in [-0.2, 0) is 0 Å². The number of nitrogens with one attached hydrogen (secondary N) is 2. The van der Waals surface area contributed by atoms with Crippen molar-refractivity contribution in [1.29, 1.82) is 0 Å². The van der Waals surface area contributed by atoms with Gasteiger partial charge in [-0.05, 0) is 25.8 Å². The standard InChI is InChI=1S/C14H18N4/c1-2-6-13-11(4-1)10-17-18-14(13)16-9-7-12-5-3-8-15-12/h1-2,4,6,10,12,15H,3,5,7-9H2,(H,16,18)/t12-/m0/s1. The highest BCUT2D eigenvalue weighted by Crippen LogP contribution is 2.19. The van der Waals surface area contributed by atoms with E-state index >= 15 is 0 Å². The third-order valence-corrected chi connectivity index (χ3v) is 3.52. The normalized spacial score (nSPS) is 19.2. The van der Waals surface area contributed by atoms with Crippen LogP contribution in [0.3, 0.4) is 0 Å². The van der Waals surface area contributed by atoms with Gasteiger partial charge in [0.05, 0.1) is 6.20 Å². The quantitative estimate of drug-likeness (QED) is 0.863. The first-order valence-electron chi connectivity index (χ1n) is 6.61. The molecule has 2 N–H and O–H groups in total. The minimum Gasteiger partial charge on any atom is -0.368 e. The van der Waals surface area contributed by atoms with Gasteiger partial charge in [0.1, 0.15) is 0 Å². The van der Waals surface area contributed by atoms with Crippen LogP contribution in [0.2, 0.25) is 0 Å². The molecule has 1 saturated heterocycles. The van der Waals surface area contributed by atoms with Gasteiger partial charge in [-0.2, -0.15) is 5.10 Å². The Kier molecular flexibility index (Phi) is 3.37. The first kappa shape index (κ1) is 11.4. The second kappa shape index (κ2) is 5.31. The van der Waals surface area contributed by atoms with Gasteiger partial charge in [-0.3, -0.25) is 0 Å². The highest BCUT2D eigenvalue weighted by atomic mass is 15.2. The number of anilines is 1. The third kappa shape index (κ3) is 2.43. The summed E-state index contributed by atoms with van der Waals surface area (Å²) < 4.78 is 0. The molecule has 0 amide bonds. The SMILES string of the molecule is c1ccc2c(NCC[C@@H]3CCCN3)nncc2c1. The molecule has 0 unspecified atom stereocenters. The molecule has 0 radical (unpaired) electrons. The van der Waals surface area contributed by atoms with Crippen molar-refractivity contribution in [1.82, 2.24) is 15.5 Å². The molecule has 2 aromatic rings. The average Bonchev–Trinajstić information content (AvgIpc) is 2.92. The van der Waals surface area contributed by atoms with Gasteiger partial charge >= 0.3 is 0 Å². The molecular weight excluding hydrogens is 224 g/mol. The van der Waals surface area contributed by atoms with E-state index in [4.69, 9.17) is 0 Å². The third-order valence-electron chi connectivity index (χ3n) is 3.52. The first-order valence-corrected chi connectivity index (χ1v) is 6.61. The lowest BCUT2D eigenvalue weighted by atomic mass is 10.1. The molecular formula is C14H18N4. The molecule has 1 atom stereocenters. The van der Waals surface area contributed by atoms with Gasteiger partial charge in [-0.1, -0.05) is 24.3 Å². The number of hydrogen-bond donors (Lipinski definition) is 2. The molecule has 2 heterocycles. The van der Waals surface area contributed by atoms with Crippen LogP contribution in [0.25, 0.3) is 10.8 Å². The van der Waals surface area contributed by atoms with Gasteiger partial charge in [0, 0.05) is 23.4 Å². The molecule has 1 aliphatic rings. The zero-order valence-electron chi connectivity index (χ0n) is 10.4. The summed E-state index contributed by atoms with van der Waals surface area (Å²) in [4.78, 5) is 0. The van der Waals surface area contributed by atoms with Crippen molar-refractivity contribution in [3.63, 3.8) is 0 Å². The highest BCUT2D eigenvalue weighted by molar-refractivity contribution is 5.90. The second-order valence-electron chi connectivity index (χ2n) is 4.79. The molecule has 1 aliphatic heterocycles. The topological polar surface area (TPSA) is 49.8 Å². The zero-order chi connectivity index (χ0) is 12.2. The van der Waals surface area contributed by atoms with Crippen LogP contribution in [0.4, 0.5) is 5.82 Å². The van der Waals surface area contributed by atoms with Crippen LogP contribution >= 0.6 is 0 Å². The number of hydrogen-bond acceptors (Lipinski definition) is 4. The predicted molar refractivity (Wildman–Crippen MR) is 73.7 cm³/mol. The fraction of sp³-hybridized carbons (Fsp3) is 0.429. The summed E-state index contributed by atoms with van der Waals surface area (Å²) in [5.74, 6) is 0.895. The molecule has 94 valence electrons. The largest absolute Gasteiger partial charge is 0.368 e.